The largest absolute Gasteiger partial charge is 0.497 e. The Hall–Kier alpha value is -2.80. The van der Waals surface area contributed by atoms with Gasteiger partial charge < -0.3 is 14.5 Å². The van der Waals surface area contributed by atoms with Gasteiger partial charge in [-0.25, -0.2) is 0 Å². The number of carbonyl (C=O) groups is 1. The number of carbonyl (C=O) groups excluding carboxylic acids is 1. The second-order valence-corrected chi connectivity index (χ2v) is 7.14. The van der Waals surface area contributed by atoms with Crippen LogP contribution in [0.25, 0.3) is 11.5 Å². The molecule has 0 spiro atoms. The molecule has 146 valence electrons. The van der Waals surface area contributed by atoms with E-state index in [4.69, 9.17) is 9.15 Å². The molecule has 6 nitrogen and oxygen atoms in total. The third kappa shape index (κ3) is 5.36. The maximum absolute atomic E-state index is 12.4. The van der Waals surface area contributed by atoms with Crippen molar-refractivity contribution >= 4 is 17.7 Å². The summed E-state index contributed by atoms with van der Waals surface area (Å²) >= 11 is 1.23. The van der Waals surface area contributed by atoms with Gasteiger partial charge in [-0.15, -0.1) is 10.2 Å². The quantitative estimate of drug-likeness (QED) is 0.536. The summed E-state index contributed by atoms with van der Waals surface area (Å²) in [4.78, 5) is 12.4. The standard InChI is InChI=1S/C21H23N3O3S/c1-3-7-18(15-8-5-4-6-9-15)22-19(25)14-28-21-24-23-20(27-21)16-10-12-17(26-2)13-11-16/h4-6,8-13,18H,3,7,14H2,1-2H3,(H,22,25). The van der Waals surface area contributed by atoms with Gasteiger partial charge in [-0.05, 0) is 36.2 Å². The molecule has 0 bridgehead atoms. The Bertz CT molecular complexity index is 881. The average molecular weight is 398 g/mol. The van der Waals surface area contributed by atoms with E-state index in [0.29, 0.717) is 11.1 Å². The lowest BCUT2D eigenvalue weighted by molar-refractivity contribution is -0.119. The fourth-order valence-corrected chi connectivity index (χ4v) is 3.35. The van der Waals surface area contributed by atoms with Gasteiger partial charge in [0.05, 0.1) is 18.9 Å². The van der Waals surface area contributed by atoms with Crippen molar-refractivity contribution < 1.29 is 13.9 Å². The number of methoxy groups -OCH3 is 1. The second-order valence-electron chi connectivity index (χ2n) is 6.21. The highest BCUT2D eigenvalue weighted by molar-refractivity contribution is 7.99. The lowest BCUT2D eigenvalue weighted by atomic mass is 10.0. The van der Waals surface area contributed by atoms with Crippen molar-refractivity contribution in [1.82, 2.24) is 15.5 Å². The van der Waals surface area contributed by atoms with Crippen molar-refractivity contribution in [3.63, 3.8) is 0 Å². The summed E-state index contributed by atoms with van der Waals surface area (Å²) in [7, 11) is 1.62. The molecule has 1 unspecified atom stereocenters. The highest BCUT2D eigenvalue weighted by Crippen LogP contribution is 2.25. The zero-order valence-electron chi connectivity index (χ0n) is 15.9. The SMILES string of the molecule is CCCC(NC(=O)CSc1nnc(-c2ccc(OC)cc2)o1)c1ccccc1. The number of nitrogens with one attached hydrogen (secondary N) is 1. The fourth-order valence-electron chi connectivity index (χ4n) is 2.78. The number of hydrogen-bond donors (Lipinski definition) is 1. The Kier molecular flexibility index (Phi) is 7.08. The number of rotatable bonds is 9. The smallest absolute Gasteiger partial charge is 0.277 e. The Balaban J connectivity index is 1.56. The van der Waals surface area contributed by atoms with Crippen LogP contribution in [0.4, 0.5) is 0 Å². The van der Waals surface area contributed by atoms with Crippen molar-refractivity contribution in [2.45, 2.75) is 31.0 Å². The Morgan fingerprint density at radius 3 is 2.57 bits per heavy atom. The molecule has 3 rings (SSSR count). The summed E-state index contributed by atoms with van der Waals surface area (Å²) in [5.74, 6) is 1.34. The predicted molar refractivity (Wildman–Crippen MR) is 109 cm³/mol. The average Bonchev–Trinajstić information content (AvgIpc) is 3.22. The molecule has 0 radical (unpaired) electrons. The number of nitrogens with zero attached hydrogens (tertiary/aromatic N) is 2. The number of thioether (sulfide) groups is 1. The minimum atomic E-state index is -0.0588. The van der Waals surface area contributed by atoms with E-state index in [2.05, 4.69) is 22.4 Å². The highest BCUT2D eigenvalue weighted by Gasteiger charge is 2.15. The van der Waals surface area contributed by atoms with Crippen molar-refractivity contribution in [3.05, 3.63) is 60.2 Å². The molecule has 1 atom stereocenters. The predicted octanol–water partition coefficient (Wildman–Crippen LogP) is 4.49. The summed E-state index contributed by atoms with van der Waals surface area (Å²) < 4.78 is 10.8. The van der Waals surface area contributed by atoms with E-state index in [1.165, 1.54) is 11.8 Å². The summed E-state index contributed by atoms with van der Waals surface area (Å²) in [6.07, 6.45) is 1.88. The number of hydrogen-bond acceptors (Lipinski definition) is 6. The van der Waals surface area contributed by atoms with E-state index in [1.807, 2.05) is 54.6 Å². The van der Waals surface area contributed by atoms with Crippen molar-refractivity contribution in [1.29, 1.82) is 0 Å². The van der Waals surface area contributed by atoms with Gasteiger partial charge in [0.2, 0.25) is 11.8 Å². The van der Waals surface area contributed by atoms with E-state index in [9.17, 15) is 4.79 Å². The Morgan fingerprint density at radius 1 is 1.14 bits per heavy atom. The third-order valence-corrected chi connectivity index (χ3v) is 5.00. The Morgan fingerprint density at radius 2 is 1.89 bits per heavy atom. The van der Waals surface area contributed by atoms with Gasteiger partial charge in [-0.1, -0.05) is 55.4 Å². The van der Waals surface area contributed by atoms with Crippen LogP contribution in [0, 0.1) is 0 Å². The Labute approximate surface area is 168 Å². The monoisotopic (exact) mass is 397 g/mol. The molecule has 3 aromatic rings. The molecule has 1 N–H and O–H groups in total. The van der Waals surface area contributed by atoms with Gasteiger partial charge in [-0.3, -0.25) is 4.79 Å². The number of aromatic nitrogens is 2. The number of benzene rings is 2. The van der Waals surface area contributed by atoms with Crippen molar-refractivity contribution in [2.24, 2.45) is 0 Å². The van der Waals surface area contributed by atoms with Crippen molar-refractivity contribution in [2.75, 3.05) is 12.9 Å². The second kappa shape index (κ2) is 9.94. The van der Waals surface area contributed by atoms with Crippen LogP contribution in [0.2, 0.25) is 0 Å². The molecule has 1 amide bonds. The van der Waals surface area contributed by atoms with Crippen molar-refractivity contribution in [3.8, 4) is 17.2 Å². The van der Waals surface area contributed by atoms with Crippen LogP contribution in [0.3, 0.4) is 0 Å². The molecule has 0 aliphatic rings. The molecular weight excluding hydrogens is 374 g/mol. The molecule has 0 aliphatic carbocycles. The molecule has 1 aromatic heterocycles. The zero-order chi connectivity index (χ0) is 19.8. The van der Waals surface area contributed by atoms with Crippen LogP contribution in [0.1, 0.15) is 31.4 Å². The highest BCUT2D eigenvalue weighted by atomic mass is 32.2. The molecule has 2 aromatic carbocycles. The van der Waals surface area contributed by atoms with Gasteiger partial charge in [0.15, 0.2) is 0 Å². The fraction of sp³-hybridized carbons (Fsp3) is 0.286. The first-order valence-corrected chi connectivity index (χ1v) is 10.1. The first-order valence-electron chi connectivity index (χ1n) is 9.14. The molecule has 7 heteroatoms. The van der Waals surface area contributed by atoms with E-state index in [1.54, 1.807) is 7.11 Å². The molecule has 0 fully saturated rings. The summed E-state index contributed by atoms with van der Waals surface area (Å²) in [6.45, 7) is 2.11. The molecule has 0 aliphatic heterocycles. The minimum Gasteiger partial charge on any atom is -0.497 e. The lowest BCUT2D eigenvalue weighted by Crippen LogP contribution is -2.29. The molecule has 1 heterocycles. The normalized spacial score (nSPS) is 11.8. The third-order valence-electron chi connectivity index (χ3n) is 4.18. The minimum absolute atomic E-state index is 0.0110. The van der Waals surface area contributed by atoms with Crippen LogP contribution in [0.5, 0.6) is 5.75 Å². The van der Waals surface area contributed by atoms with E-state index < -0.39 is 0 Å². The topological polar surface area (TPSA) is 77.2 Å². The first kappa shape index (κ1) is 19.9. The first-order chi connectivity index (χ1) is 13.7. The van der Waals surface area contributed by atoms with Gasteiger partial charge in [0.25, 0.3) is 5.22 Å². The van der Waals surface area contributed by atoms with Crippen LogP contribution in [0.15, 0.2) is 64.2 Å². The maximum Gasteiger partial charge on any atom is 0.277 e. The van der Waals surface area contributed by atoms with Crippen LogP contribution < -0.4 is 10.1 Å². The maximum atomic E-state index is 12.4. The summed E-state index contributed by atoms with van der Waals surface area (Å²) in [5.41, 5.74) is 1.92. The van der Waals surface area contributed by atoms with Crippen LogP contribution in [-0.4, -0.2) is 29.0 Å². The summed E-state index contributed by atoms with van der Waals surface area (Å²) in [6, 6.07) is 17.4. The lowest BCUT2D eigenvalue weighted by Gasteiger charge is -2.18. The molecule has 0 saturated carbocycles. The molecule has 0 saturated heterocycles. The molecular formula is C21H23N3O3S. The number of amides is 1. The van der Waals surface area contributed by atoms with Crippen LogP contribution >= 0.6 is 11.8 Å². The number of ether oxygens (including phenoxy) is 1. The zero-order valence-corrected chi connectivity index (χ0v) is 16.7. The van der Waals surface area contributed by atoms with E-state index in [0.717, 1.165) is 29.7 Å². The van der Waals surface area contributed by atoms with E-state index >= 15 is 0 Å². The van der Waals surface area contributed by atoms with Gasteiger partial charge in [-0.2, -0.15) is 0 Å². The van der Waals surface area contributed by atoms with Crippen LogP contribution in [-0.2, 0) is 4.79 Å². The van der Waals surface area contributed by atoms with Gasteiger partial charge in [0, 0.05) is 5.56 Å². The van der Waals surface area contributed by atoms with E-state index in [-0.39, 0.29) is 17.7 Å². The van der Waals surface area contributed by atoms with Gasteiger partial charge in [0.1, 0.15) is 5.75 Å². The molecule has 28 heavy (non-hydrogen) atoms. The van der Waals surface area contributed by atoms with Gasteiger partial charge >= 0.3 is 0 Å². The summed E-state index contributed by atoms with van der Waals surface area (Å²) in [5, 5.41) is 11.5.